The molecule has 0 atom stereocenters. The Morgan fingerprint density at radius 3 is 0.797 bits per heavy atom. The summed E-state index contributed by atoms with van der Waals surface area (Å²) in [6.07, 6.45) is 12.1. The number of aromatic nitrogens is 13. The Morgan fingerprint density at radius 1 is 0.241 bits per heavy atom. The Labute approximate surface area is 481 Å². The Balaban J connectivity index is -0.000000264. The van der Waals surface area contributed by atoms with Crippen LogP contribution in [0.3, 0.4) is 0 Å². The Hall–Kier alpha value is -7.41. The Morgan fingerprint density at radius 2 is 0.570 bits per heavy atom. The van der Waals surface area contributed by atoms with Gasteiger partial charge in [-0.2, -0.15) is 0 Å². The molecule has 9 aromatic rings. The van der Waals surface area contributed by atoms with Gasteiger partial charge in [-0.15, -0.1) is 0 Å². The summed E-state index contributed by atoms with van der Waals surface area (Å²) in [5, 5.41) is 5.36. The van der Waals surface area contributed by atoms with Crippen LogP contribution < -0.4 is 0 Å². The summed E-state index contributed by atoms with van der Waals surface area (Å²) in [6.45, 7) is 57.1. The van der Waals surface area contributed by atoms with Crippen molar-refractivity contribution in [3.05, 3.63) is 196 Å². The second-order valence-corrected chi connectivity index (χ2v) is 15.4. The van der Waals surface area contributed by atoms with E-state index in [0.29, 0.717) is 0 Å². The molecular formula is C66H105N13. The van der Waals surface area contributed by atoms with Crippen LogP contribution in [0.25, 0.3) is 21.5 Å². The zero-order valence-electron chi connectivity index (χ0n) is 54.7. The average molecular weight is 1080 g/mol. The van der Waals surface area contributed by atoms with Crippen molar-refractivity contribution in [2.45, 2.75) is 201 Å². The van der Waals surface area contributed by atoms with Gasteiger partial charge >= 0.3 is 0 Å². The Kier molecular flexibility index (Phi) is 53.6. The zero-order chi connectivity index (χ0) is 61.9. The van der Waals surface area contributed by atoms with Gasteiger partial charge in [0.15, 0.2) is 0 Å². The van der Waals surface area contributed by atoms with E-state index in [1.807, 2.05) is 205 Å². The highest BCUT2D eigenvalue weighted by molar-refractivity contribution is 6.07. The molecule has 13 heteroatoms. The predicted octanol–water partition coefficient (Wildman–Crippen LogP) is 18.1. The molecule has 3 aromatic carbocycles. The van der Waals surface area contributed by atoms with Crippen LogP contribution in [0.15, 0.2) is 110 Å². The molecule has 0 fully saturated rings. The van der Waals surface area contributed by atoms with E-state index in [1.54, 1.807) is 43.5 Å². The van der Waals surface area contributed by atoms with Gasteiger partial charge < -0.3 is 0 Å². The lowest BCUT2D eigenvalue weighted by atomic mass is 9.99. The van der Waals surface area contributed by atoms with Gasteiger partial charge in [0.1, 0.15) is 35.4 Å². The first-order chi connectivity index (χ1) is 37.9. The first-order valence-electron chi connectivity index (χ1n) is 28.2. The van der Waals surface area contributed by atoms with E-state index in [9.17, 15) is 0 Å². The molecule has 434 valence electrons. The lowest BCUT2D eigenvalue weighted by Gasteiger charge is -2.05. The molecule has 9 rings (SSSR count). The lowest BCUT2D eigenvalue weighted by molar-refractivity contribution is 0.875. The van der Waals surface area contributed by atoms with Gasteiger partial charge in [-0.25, -0.2) is 44.9 Å². The molecule has 79 heavy (non-hydrogen) atoms. The monoisotopic (exact) mass is 1080 g/mol. The summed E-state index contributed by atoms with van der Waals surface area (Å²) in [5.74, 6) is 4.05. The number of fused-ring (bicyclic) bond motifs is 3. The number of rotatable bonds is 0. The van der Waals surface area contributed by atoms with Crippen molar-refractivity contribution in [2.75, 3.05) is 0 Å². The third-order valence-electron chi connectivity index (χ3n) is 8.67. The molecule has 0 aliphatic rings. The van der Waals surface area contributed by atoms with Crippen LogP contribution in [-0.2, 0) is 0 Å². The van der Waals surface area contributed by atoms with Crippen LogP contribution in [0.5, 0.6) is 0 Å². The summed E-state index contributed by atoms with van der Waals surface area (Å²) in [5.41, 5.74) is 10.6. The molecule has 0 unspecified atom stereocenters. The summed E-state index contributed by atoms with van der Waals surface area (Å²) in [4.78, 5) is 51.9. The van der Waals surface area contributed by atoms with Gasteiger partial charge in [0.05, 0.1) is 22.8 Å². The summed E-state index contributed by atoms with van der Waals surface area (Å²) < 4.78 is 0. The summed E-state index contributed by atoms with van der Waals surface area (Å²) >= 11 is 0. The minimum atomic E-state index is 0.792. The third kappa shape index (κ3) is 41.4. The molecule has 0 spiro atoms. The zero-order valence-corrected chi connectivity index (χ0v) is 54.7. The smallest absolute Gasteiger partial charge is 0.129 e. The van der Waals surface area contributed by atoms with E-state index in [0.717, 1.165) is 74.7 Å². The van der Waals surface area contributed by atoms with Crippen LogP contribution >= 0.6 is 0 Å². The quantitative estimate of drug-likeness (QED) is 0.132. The van der Waals surface area contributed by atoms with Gasteiger partial charge in [-0.3, -0.25) is 19.9 Å². The van der Waals surface area contributed by atoms with Gasteiger partial charge in [-0.1, -0.05) is 157 Å². The fourth-order valence-electron chi connectivity index (χ4n) is 5.87. The first kappa shape index (κ1) is 80.4. The van der Waals surface area contributed by atoms with Crippen molar-refractivity contribution in [2.24, 2.45) is 0 Å². The largest absolute Gasteiger partial charge is 0.261 e. The first-order valence-corrected chi connectivity index (χ1v) is 28.2. The van der Waals surface area contributed by atoms with Gasteiger partial charge in [0.2, 0.25) is 0 Å². The number of benzene rings is 3. The molecular weight excluding hydrogens is 975 g/mol. The highest BCUT2D eigenvalue weighted by atomic mass is 15.0. The van der Waals surface area contributed by atoms with Crippen molar-refractivity contribution in [3.63, 3.8) is 0 Å². The number of aryl methyl sites for hydroxylation is 15. The molecule has 6 heterocycles. The molecule has 0 bridgehead atoms. The minimum absolute atomic E-state index is 0.792. The molecule has 0 amide bonds. The van der Waals surface area contributed by atoms with Crippen LogP contribution in [0.2, 0.25) is 0 Å². The number of hydrogen-bond donors (Lipinski definition) is 0. The molecule has 0 aliphatic heterocycles. The van der Waals surface area contributed by atoms with E-state index in [2.05, 4.69) is 127 Å². The summed E-state index contributed by atoms with van der Waals surface area (Å²) in [7, 11) is 0. The molecule has 0 N–H and O–H groups in total. The SMILES string of the molecule is CC.CC.CC.CC.CC.CC.CC.Cc1cc(C)ncn1.Cc1ccc2c(ccc3cc(C)ccc32)c1.Cc1ccnc(C)n1.Cc1ccnc(C)n1.Cc1cnc(C)cn1.Cc1cncc(C)n1.Cc1nc(C)nc(C)n1. The molecule has 13 nitrogen and oxygen atoms in total. The maximum absolute atomic E-state index is 4.11. The second-order valence-electron chi connectivity index (χ2n) is 15.4. The van der Waals surface area contributed by atoms with Crippen LogP contribution in [0, 0.1) is 104 Å². The molecule has 0 saturated carbocycles. The van der Waals surface area contributed by atoms with E-state index >= 15 is 0 Å². The standard InChI is InChI=1S/C16H14.C6H9N3.5C6H8N2.7C2H6/c1-11-3-7-15-13(9-11)5-6-14-10-12(2)4-8-16(14)15;1-4-7-5(2)9-6(3)8-4;1-5-3-8-6(2)4-7-5;1-5-3-7-4-6(2)8-5;1-5-3-6(2)8-4-7-5;2*1-5-3-4-7-6(2)8-5;7*1-2/h3-10H,1-2H3;1-3H3;5*3-4H,1-2H3;7*1-2H3. The fraction of sp³-hybridized carbons (Fsp3) is 0.439. The second kappa shape index (κ2) is 52.6. The van der Waals surface area contributed by atoms with Gasteiger partial charge in [0.25, 0.3) is 0 Å². The number of hydrogen-bond acceptors (Lipinski definition) is 13. The summed E-state index contributed by atoms with van der Waals surface area (Å²) in [6, 6.07) is 23.4. The van der Waals surface area contributed by atoms with Crippen molar-refractivity contribution < 1.29 is 0 Å². The highest BCUT2D eigenvalue weighted by Gasteiger charge is 2.01. The number of nitrogens with zero attached hydrogens (tertiary/aromatic N) is 13. The predicted molar refractivity (Wildman–Crippen MR) is 342 cm³/mol. The van der Waals surface area contributed by atoms with Crippen LogP contribution in [0.4, 0.5) is 0 Å². The normalized spacial score (nSPS) is 8.57. The van der Waals surface area contributed by atoms with Gasteiger partial charge in [0, 0.05) is 60.0 Å². The molecule has 0 radical (unpaired) electrons. The topological polar surface area (TPSA) is 168 Å². The lowest BCUT2D eigenvalue weighted by Crippen LogP contribution is -1.97. The minimum Gasteiger partial charge on any atom is -0.261 e. The van der Waals surface area contributed by atoms with E-state index in [4.69, 9.17) is 0 Å². The van der Waals surface area contributed by atoms with Gasteiger partial charge in [-0.05, 0) is 144 Å². The van der Waals surface area contributed by atoms with E-state index < -0.39 is 0 Å². The van der Waals surface area contributed by atoms with Crippen LogP contribution in [-0.4, -0.2) is 64.8 Å². The third-order valence-corrected chi connectivity index (χ3v) is 8.67. The van der Waals surface area contributed by atoms with E-state index in [-0.39, 0.29) is 0 Å². The highest BCUT2D eigenvalue weighted by Crippen LogP contribution is 2.26. The van der Waals surface area contributed by atoms with Crippen molar-refractivity contribution >= 4 is 21.5 Å². The molecule has 0 aliphatic carbocycles. The fourth-order valence-corrected chi connectivity index (χ4v) is 5.87. The maximum atomic E-state index is 4.11. The van der Waals surface area contributed by atoms with Crippen molar-refractivity contribution in [1.29, 1.82) is 0 Å². The maximum Gasteiger partial charge on any atom is 0.129 e. The van der Waals surface area contributed by atoms with Crippen molar-refractivity contribution in [1.82, 2.24) is 64.8 Å². The van der Waals surface area contributed by atoms with E-state index in [1.165, 1.54) is 32.7 Å². The van der Waals surface area contributed by atoms with Crippen LogP contribution in [0.1, 0.15) is 183 Å². The average Bonchev–Trinajstić information content (AvgIpc) is 3.44. The molecule has 6 aromatic heterocycles. The Bertz CT molecular complexity index is 2470. The molecule has 0 saturated heterocycles. The van der Waals surface area contributed by atoms with Crippen molar-refractivity contribution in [3.8, 4) is 0 Å².